The number of nitrogens with two attached hydrogens (primary N) is 1. The zero-order valence-corrected chi connectivity index (χ0v) is 21.5. The van der Waals surface area contributed by atoms with Crippen molar-refractivity contribution < 1.29 is 9.59 Å². The van der Waals surface area contributed by atoms with Crippen LogP contribution in [-0.2, 0) is 16.1 Å². The molecule has 2 amide bonds. The Morgan fingerprint density at radius 3 is 2.53 bits per heavy atom. The molecule has 6 nitrogen and oxygen atoms in total. The van der Waals surface area contributed by atoms with Gasteiger partial charge in [0.15, 0.2) is 0 Å². The van der Waals surface area contributed by atoms with Gasteiger partial charge in [0, 0.05) is 47.4 Å². The van der Waals surface area contributed by atoms with Gasteiger partial charge in [-0.05, 0) is 95.2 Å². The molecule has 3 saturated carbocycles. The summed E-state index contributed by atoms with van der Waals surface area (Å²) in [7, 11) is 0. The summed E-state index contributed by atoms with van der Waals surface area (Å²) in [6.07, 6.45) is 10.9. The number of hydrogen-bond donors (Lipinski definition) is 2. The van der Waals surface area contributed by atoms with E-state index in [2.05, 4.69) is 29.3 Å². The molecule has 7 heteroatoms. The number of aryl methyl sites for hydroxylation is 1. The molecule has 0 spiro atoms. The molecule has 3 unspecified atom stereocenters. The Morgan fingerprint density at radius 2 is 1.85 bits per heavy atom. The summed E-state index contributed by atoms with van der Waals surface area (Å²) in [5.41, 5.74) is 5.92. The van der Waals surface area contributed by atoms with E-state index in [9.17, 15) is 9.59 Å². The van der Waals surface area contributed by atoms with Crippen molar-refractivity contribution in [3.8, 4) is 0 Å². The van der Waals surface area contributed by atoms with E-state index < -0.39 is 0 Å². The van der Waals surface area contributed by atoms with Gasteiger partial charge in [-0.3, -0.25) is 14.5 Å². The number of carbonyl (C=O) groups is 2. The molecule has 34 heavy (non-hydrogen) atoms. The van der Waals surface area contributed by atoms with Crippen molar-refractivity contribution in [1.82, 2.24) is 15.1 Å². The lowest BCUT2D eigenvalue weighted by molar-refractivity contribution is -0.145. The van der Waals surface area contributed by atoms with Gasteiger partial charge in [-0.1, -0.05) is 6.42 Å². The molecule has 5 rings (SSSR count). The molecule has 3 N–H and O–H groups in total. The van der Waals surface area contributed by atoms with Crippen LogP contribution >= 0.6 is 11.3 Å². The third kappa shape index (κ3) is 5.85. The average molecular weight is 487 g/mol. The van der Waals surface area contributed by atoms with Crippen LogP contribution in [0.2, 0.25) is 0 Å². The SMILES string of the molecule is Cc1ccc(CN(C2CC2)C2CCN(C(=O)C3CC3)[C@@H](C(=O)NCC3CCCC(CN)C3)C2)s1. The van der Waals surface area contributed by atoms with Crippen LogP contribution in [0.5, 0.6) is 0 Å². The highest BCUT2D eigenvalue weighted by Gasteiger charge is 2.45. The molecule has 0 radical (unpaired) electrons. The van der Waals surface area contributed by atoms with Crippen molar-refractivity contribution in [3.05, 3.63) is 21.9 Å². The Hall–Kier alpha value is -1.44. The number of rotatable bonds is 9. The fourth-order valence-electron chi connectivity index (χ4n) is 6.20. The summed E-state index contributed by atoms with van der Waals surface area (Å²) in [6, 6.07) is 5.14. The minimum atomic E-state index is -0.327. The topological polar surface area (TPSA) is 78.7 Å². The first kappa shape index (κ1) is 24.3. The Morgan fingerprint density at radius 1 is 1.06 bits per heavy atom. The highest BCUT2D eigenvalue weighted by molar-refractivity contribution is 7.11. The van der Waals surface area contributed by atoms with Crippen molar-refractivity contribution in [2.75, 3.05) is 19.6 Å². The fraction of sp³-hybridized carbons (Fsp3) is 0.778. The highest BCUT2D eigenvalue weighted by Crippen LogP contribution is 2.38. The number of nitrogens with zero attached hydrogens (tertiary/aromatic N) is 2. The lowest BCUT2D eigenvalue weighted by Crippen LogP contribution is -2.58. The van der Waals surface area contributed by atoms with Gasteiger partial charge in [-0.15, -0.1) is 11.3 Å². The van der Waals surface area contributed by atoms with Crippen LogP contribution in [0.1, 0.15) is 74.0 Å². The van der Waals surface area contributed by atoms with Gasteiger partial charge in [0.05, 0.1) is 0 Å². The molecule has 4 atom stereocenters. The zero-order valence-electron chi connectivity index (χ0n) is 20.7. The van der Waals surface area contributed by atoms with Crippen LogP contribution in [-0.4, -0.2) is 59.4 Å². The first-order chi connectivity index (χ1) is 16.5. The van der Waals surface area contributed by atoms with Gasteiger partial charge in [-0.25, -0.2) is 0 Å². The second-order valence-electron chi connectivity index (χ2n) is 11.3. The molecule has 1 aromatic rings. The van der Waals surface area contributed by atoms with E-state index in [0.29, 0.717) is 30.5 Å². The fourth-order valence-corrected chi connectivity index (χ4v) is 7.10. The van der Waals surface area contributed by atoms with Crippen LogP contribution < -0.4 is 11.1 Å². The van der Waals surface area contributed by atoms with E-state index >= 15 is 0 Å². The van der Waals surface area contributed by atoms with Crippen LogP contribution in [0.25, 0.3) is 0 Å². The standard InChI is InChI=1S/C27H42N4O2S/c1-18-5-10-24(34-18)17-31(22-8-9-22)23-11-12-30(27(33)21-6-7-21)25(14-23)26(32)29-16-20-4-2-3-19(13-20)15-28/h5,10,19-23,25H,2-4,6-9,11-17,28H2,1H3,(H,29,32)/t19?,20?,23?,25-/m1/s1. The summed E-state index contributed by atoms with van der Waals surface area (Å²) in [6.45, 7) is 5.33. The van der Waals surface area contributed by atoms with E-state index in [0.717, 1.165) is 51.7 Å². The molecular formula is C27H42N4O2S. The number of hydrogen-bond acceptors (Lipinski definition) is 5. The van der Waals surface area contributed by atoms with E-state index in [1.54, 1.807) is 0 Å². The summed E-state index contributed by atoms with van der Waals surface area (Å²) in [4.78, 5) is 34.0. The molecule has 2 heterocycles. The predicted molar refractivity (Wildman–Crippen MR) is 136 cm³/mol. The van der Waals surface area contributed by atoms with E-state index in [4.69, 9.17) is 5.73 Å². The Labute approximate surface area is 208 Å². The second kappa shape index (κ2) is 10.7. The first-order valence-electron chi connectivity index (χ1n) is 13.6. The molecular weight excluding hydrogens is 444 g/mol. The zero-order chi connectivity index (χ0) is 23.7. The van der Waals surface area contributed by atoms with E-state index in [1.807, 2.05) is 16.2 Å². The lowest BCUT2D eigenvalue weighted by atomic mass is 9.81. The predicted octanol–water partition coefficient (Wildman–Crippen LogP) is 3.67. The van der Waals surface area contributed by atoms with Crippen LogP contribution in [0.4, 0.5) is 0 Å². The molecule has 1 aliphatic heterocycles. The number of amides is 2. The third-order valence-electron chi connectivity index (χ3n) is 8.50. The number of carbonyl (C=O) groups excluding carboxylic acids is 2. The maximum Gasteiger partial charge on any atom is 0.242 e. The summed E-state index contributed by atoms with van der Waals surface area (Å²) in [5.74, 6) is 1.55. The Kier molecular flexibility index (Phi) is 7.61. The van der Waals surface area contributed by atoms with E-state index in [-0.39, 0.29) is 23.8 Å². The molecule has 0 bridgehead atoms. The van der Waals surface area contributed by atoms with Crippen molar-refractivity contribution in [3.63, 3.8) is 0 Å². The maximum absolute atomic E-state index is 13.5. The van der Waals surface area contributed by atoms with Crippen LogP contribution in [0, 0.1) is 24.7 Å². The quantitative estimate of drug-likeness (QED) is 0.558. The molecule has 0 aromatic carbocycles. The second-order valence-corrected chi connectivity index (χ2v) is 12.7. The maximum atomic E-state index is 13.5. The van der Waals surface area contributed by atoms with Crippen molar-refractivity contribution in [1.29, 1.82) is 0 Å². The van der Waals surface area contributed by atoms with Crippen molar-refractivity contribution in [2.24, 2.45) is 23.5 Å². The minimum Gasteiger partial charge on any atom is -0.354 e. The minimum absolute atomic E-state index is 0.0660. The van der Waals surface area contributed by atoms with Gasteiger partial charge in [0.25, 0.3) is 0 Å². The smallest absolute Gasteiger partial charge is 0.242 e. The summed E-state index contributed by atoms with van der Waals surface area (Å²) in [5, 5.41) is 3.28. The van der Waals surface area contributed by atoms with Crippen LogP contribution in [0.3, 0.4) is 0 Å². The van der Waals surface area contributed by atoms with Gasteiger partial charge in [0.1, 0.15) is 6.04 Å². The van der Waals surface area contributed by atoms with Gasteiger partial charge in [0.2, 0.25) is 11.8 Å². The first-order valence-corrected chi connectivity index (χ1v) is 14.4. The summed E-state index contributed by atoms with van der Waals surface area (Å²) >= 11 is 1.88. The van der Waals surface area contributed by atoms with Gasteiger partial charge in [-0.2, -0.15) is 0 Å². The monoisotopic (exact) mass is 486 g/mol. The van der Waals surface area contributed by atoms with E-state index in [1.165, 1.54) is 41.9 Å². The Balaban J connectivity index is 1.25. The number of likely N-dealkylation sites (tertiary alicyclic amines) is 1. The number of thiophene rings is 1. The van der Waals surface area contributed by atoms with Crippen LogP contribution in [0.15, 0.2) is 12.1 Å². The highest BCUT2D eigenvalue weighted by atomic mass is 32.1. The molecule has 4 fully saturated rings. The molecule has 188 valence electrons. The molecule has 1 saturated heterocycles. The van der Waals surface area contributed by atoms with Gasteiger partial charge < -0.3 is 16.0 Å². The normalized spacial score (nSPS) is 29.9. The van der Waals surface area contributed by atoms with Gasteiger partial charge >= 0.3 is 0 Å². The third-order valence-corrected chi connectivity index (χ3v) is 9.48. The van der Waals surface area contributed by atoms with Crippen molar-refractivity contribution >= 4 is 23.2 Å². The average Bonchev–Trinajstić information content (AvgIpc) is 3.79. The molecule has 3 aliphatic carbocycles. The molecule has 1 aromatic heterocycles. The number of piperidine rings is 1. The van der Waals surface area contributed by atoms with Crippen molar-refractivity contribution in [2.45, 2.75) is 95.8 Å². The lowest BCUT2D eigenvalue weighted by Gasteiger charge is -2.43. The summed E-state index contributed by atoms with van der Waals surface area (Å²) < 4.78 is 0. The number of nitrogens with one attached hydrogen (secondary N) is 1. The Bertz CT molecular complexity index is 865. The largest absolute Gasteiger partial charge is 0.354 e. The molecule has 4 aliphatic rings.